The Bertz CT molecular complexity index is 678. The van der Waals surface area contributed by atoms with Crippen LogP contribution in [0.4, 0.5) is 0 Å². The summed E-state index contributed by atoms with van der Waals surface area (Å²) >= 11 is 0. The molecule has 1 fully saturated rings. The second-order valence-electron chi connectivity index (χ2n) is 5.28. The van der Waals surface area contributed by atoms with Crippen molar-refractivity contribution in [3.63, 3.8) is 0 Å². The number of rotatable bonds is 3. The smallest absolute Gasteiger partial charge is 0.322 e. The number of aliphatic carboxylic acids is 1. The Labute approximate surface area is 117 Å². The first-order chi connectivity index (χ1) is 9.41. The van der Waals surface area contributed by atoms with Crippen LogP contribution < -0.4 is 0 Å². The van der Waals surface area contributed by atoms with E-state index in [4.69, 9.17) is 0 Å². The largest absolute Gasteiger partial charge is 0.480 e. The molecule has 1 N–H and O–H groups in total. The van der Waals surface area contributed by atoms with Gasteiger partial charge in [-0.15, -0.1) is 0 Å². The fraction of sp³-hybridized carbons (Fsp3) is 0.357. The van der Waals surface area contributed by atoms with Gasteiger partial charge in [0.05, 0.1) is 4.90 Å². The molecule has 0 aromatic heterocycles. The summed E-state index contributed by atoms with van der Waals surface area (Å²) in [4.78, 5) is 11.5. The maximum Gasteiger partial charge on any atom is 0.322 e. The Morgan fingerprint density at radius 3 is 2.50 bits per heavy atom. The van der Waals surface area contributed by atoms with Crippen LogP contribution in [0.25, 0.3) is 0 Å². The first kappa shape index (κ1) is 13.3. The van der Waals surface area contributed by atoms with E-state index < -0.39 is 22.0 Å². The van der Waals surface area contributed by atoms with Crippen LogP contribution in [0.5, 0.6) is 0 Å². The van der Waals surface area contributed by atoms with Gasteiger partial charge >= 0.3 is 5.97 Å². The van der Waals surface area contributed by atoms with Crippen LogP contribution in [-0.2, 0) is 14.8 Å². The van der Waals surface area contributed by atoms with Gasteiger partial charge in [0.1, 0.15) is 6.04 Å². The molecular formula is C14H15NO4S. The Hall–Kier alpha value is -1.66. The molecular weight excluding hydrogens is 278 g/mol. The summed E-state index contributed by atoms with van der Waals surface area (Å²) in [5.74, 6) is -1.31. The van der Waals surface area contributed by atoms with Gasteiger partial charge in [0.2, 0.25) is 10.0 Å². The normalized spacial score (nSPS) is 28.9. The molecule has 1 saturated heterocycles. The van der Waals surface area contributed by atoms with E-state index in [0.29, 0.717) is 6.42 Å². The van der Waals surface area contributed by atoms with Gasteiger partial charge in [-0.1, -0.05) is 29.8 Å². The summed E-state index contributed by atoms with van der Waals surface area (Å²) in [5.41, 5.74) is 0.960. The van der Waals surface area contributed by atoms with Gasteiger partial charge in [-0.25, -0.2) is 8.42 Å². The lowest BCUT2D eigenvalue weighted by Crippen LogP contribution is -2.47. The van der Waals surface area contributed by atoms with Gasteiger partial charge in [-0.2, -0.15) is 4.31 Å². The summed E-state index contributed by atoms with van der Waals surface area (Å²) in [6.07, 6.45) is 4.16. The summed E-state index contributed by atoms with van der Waals surface area (Å²) in [7, 11) is -3.78. The average molecular weight is 293 g/mol. The third-order valence-electron chi connectivity index (χ3n) is 3.95. The predicted octanol–water partition coefficient (Wildman–Crippen LogP) is 1.40. The predicted molar refractivity (Wildman–Crippen MR) is 72.7 cm³/mol. The quantitative estimate of drug-likeness (QED) is 0.855. The van der Waals surface area contributed by atoms with Crippen LogP contribution in [0, 0.1) is 12.8 Å². The van der Waals surface area contributed by atoms with Crippen molar-refractivity contribution in [2.75, 3.05) is 0 Å². The van der Waals surface area contributed by atoms with Crippen LogP contribution in [0.15, 0.2) is 41.3 Å². The minimum absolute atomic E-state index is 0.148. The third-order valence-corrected chi connectivity index (χ3v) is 5.87. The van der Waals surface area contributed by atoms with E-state index >= 15 is 0 Å². The zero-order valence-electron chi connectivity index (χ0n) is 10.9. The molecule has 1 heterocycles. The molecule has 2 bridgehead atoms. The van der Waals surface area contributed by atoms with Gasteiger partial charge in [-0.05, 0) is 25.5 Å². The fourth-order valence-corrected chi connectivity index (χ4v) is 4.76. The minimum Gasteiger partial charge on any atom is -0.480 e. The molecule has 1 aliphatic heterocycles. The molecule has 3 rings (SSSR count). The monoisotopic (exact) mass is 293 g/mol. The maximum absolute atomic E-state index is 12.7. The lowest BCUT2D eigenvalue weighted by molar-refractivity contribution is -0.141. The van der Waals surface area contributed by atoms with E-state index in [9.17, 15) is 18.3 Å². The Morgan fingerprint density at radius 1 is 1.25 bits per heavy atom. The van der Waals surface area contributed by atoms with Crippen molar-refractivity contribution in [1.29, 1.82) is 0 Å². The summed E-state index contributed by atoms with van der Waals surface area (Å²) in [5, 5.41) is 9.32. The number of fused-ring (bicyclic) bond motifs is 2. The lowest BCUT2D eigenvalue weighted by atomic mass is 10.0. The molecule has 0 unspecified atom stereocenters. The highest BCUT2D eigenvalue weighted by molar-refractivity contribution is 7.89. The summed E-state index contributed by atoms with van der Waals surface area (Å²) < 4.78 is 26.5. The van der Waals surface area contributed by atoms with Crippen LogP contribution in [0.2, 0.25) is 0 Å². The average Bonchev–Trinajstić information content (AvgIpc) is 2.99. The maximum atomic E-state index is 12.7. The molecule has 3 atom stereocenters. The zero-order valence-corrected chi connectivity index (χ0v) is 11.7. The summed E-state index contributed by atoms with van der Waals surface area (Å²) in [6.45, 7) is 1.87. The molecule has 6 heteroatoms. The fourth-order valence-electron chi connectivity index (χ4n) is 2.98. The molecule has 0 amide bonds. The molecule has 5 nitrogen and oxygen atoms in total. The van der Waals surface area contributed by atoms with Crippen LogP contribution in [0.3, 0.4) is 0 Å². The highest BCUT2D eigenvalue weighted by Crippen LogP contribution is 2.41. The van der Waals surface area contributed by atoms with Crippen LogP contribution >= 0.6 is 0 Å². The number of benzene rings is 1. The molecule has 0 spiro atoms. The van der Waals surface area contributed by atoms with Gasteiger partial charge in [0.15, 0.2) is 0 Å². The summed E-state index contributed by atoms with van der Waals surface area (Å²) in [6, 6.07) is 5.15. The van der Waals surface area contributed by atoms with Crippen LogP contribution in [-0.4, -0.2) is 35.9 Å². The first-order valence-electron chi connectivity index (χ1n) is 6.42. The zero-order chi connectivity index (χ0) is 14.5. The van der Waals surface area contributed by atoms with E-state index in [1.165, 1.54) is 12.1 Å². The highest BCUT2D eigenvalue weighted by Gasteiger charge is 2.52. The molecule has 1 aliphatic carbocycles. The second-order valence-corrected chi connectivity index (χ2v) is 7.13. The molecule has 1 aromatic rings. The Balaban J connectivity index is 2.04. The highest BCUT2D eigenvalue weighted by atomic mass is 32.2. The van der Waals surface area contributed by atoms with Crippen LogP contribution in [0.1, 0.15) is 12.0 Å². The molecule has 1 aromatic carbocycles. The first-order valence-corrected chi connectivity index (χ1v) is 7.86. The Morgan fingerprint density at radius 2 is 1.90 bits per heavy atom. The third kappa shape index (κ3) is 1.87. The van der Waals surface area contributed by atoms with Gasteiger partial charge in [0.25, 0.3) is 0 Å². The van der Waals surface area contributed by atoms with Crippen molar-refractivity contribution in [1.82, 2.24) is 4.31 Å². The number of hydrogen-bond donors (Lipinski definition) is 1. The van der Waals surface area contributed by atoms with E-state index in [-0.39, 0.29) is 16.9 Å². The van der Waals surface area contributed by atoms with E-state index in [0.717, 1.165) is 9.87 Å². The second kappa shape index (κ2) is 4.43. The van der Waals surface area contributed by atoms with Crippen molar-refractivity contribution in [3.8, 4) is 0 Å². The SMILES string of the molecule is Cc1ccc(S(=O)(=O)N2[C@H]3C=C[C@@H](C3)[C@@H]2C(=O)O)cc1. The van der Waals surface area contributed by atoms with E-state index in [1.807, 2.05) is 13.0 Å². The Kier molecular flexibility index (Phi) is 2.95. The molecule has 20 heavy (non-hydrogen) atoms. The number of nitrogens with zero attached hydrogens (tertiary/aromatic N) is 1. The topological polar surface area (TPSA) is 74.7 Å². The number of hydrogen-bond acceptors (Lipinski definition) is 3. The lowest BCUT2D eigenvalue weighted by Gasteiger charge is -2.28. The molecule has 106 valence electrons. The van der Waals surface area contributed by atoms with Crippen molar-refractivity contribution in [2.45, 2.75) is 30.3 Å². The van der Waals surface area contributed by atoms with Crippen molar-refractivity contribution in [3.05, 3.63) is 42.0 Å². The number of carbonyl (C=O) groups is 1. The molecule has 0 saturated carbocycles. The van der Waals surface area contributed by atoms with Gasteiger partial charge < -0.3 is 5.11 Å². The van der Waals surface area contributed by atoms with Crippen molar-refractivity contribution in [2.24, 2.45) is 5.92 Å². The number of aryl methyl sites for hydroxylation is 1. The van der Waals surface area contributed by atoms with E-state index in [2.05, 4.69) is 0 Å². The van der Waals surface area contributed by atoms with Crippen molar-refractivity contribution < 1.29 is 18.3 Å². The van der Waals surface area contributed by atoms with Crippen molar-refractivity contribution >= 4 is 16.0 Å². The number of carboxylic acids is 1. The van der Waals surface area contributed by atoms with E-state index in [1.54, 1.807) is 18.2 Å². The molecule has 0 radical (unpaired) electrons. The standard InChI is InChI=1S/C14H15NO4S/c1-9-2-6-12(7-3-9)20(18,19)15-11-5-4-10(8-11)13(15)14(16)17/h2-7,10-11,13H,8H2,1H3,(H,16,17)/t10-,11-,13+/m0/s1. The van der Waals surface area contributed by atoms with Gasteiger partial charge in [0, 0.05) is 12.0 Å². The minimum atomic E-state index is -3.78. The van der Waals surface area contributed by atoms with Gasteiger partial charge in [-0.3, -0.25) is 4.79 Å². The number of sulfonamides is 1. The molecule has 2 aliphatic rings. The number of carboxylic acid groups (broad SMARTS) is 1.